The lowest BCUT2D eigenvalue weighted by molar-refractivity contribution is 0.0915. The third kappa shape index (κ3) is 4.87. The number of anilines is 1. The molecule has 2 aromatic rings. The third-order valence-corrected chi connectivity index (χ3v) is 8.01. The SMILES string of the molecule is CCOc1ccc(S(=O)(=O)Nc2cccc(C(=O)NC(C)C3CC4CCC3C4)c2)cc1. The van der Waals surface area contributed by atoms with Gasteiger partial charge in [0.25, 0.3) is 15.9 Å². The van der Waals surface area contributed by atoms with Crippen LogP contribution in [0.3, 0.4) is 0 Å². The fraction of sp³-hybridized carbons (Fsp3) is 0.458. The number of ether oxygens (including phenoxy) is 1. The summed E-state index contributed by atoms with van der Waals surface area (Å²) < 4.78 is 33.4. The molecule has 4 unspecified atom stereocenters. The van der Waals surface area contributed by atoms with Crippen molar-refractivity contribution in [1.29, 1.82) is 0 Å². The maximum Gasteiger partial charge on any atom is 0.261 e. The van der Waals surface area contributed by atoms with Crippen molar-refractivity contribution in [2.75, 3.05) is 11.3 Å². The van der Waals surface area contributed by atoms with Gasteiger partial charge in [0.15, 0.2) is 0 Å². The molecule has 0 radical (unpaired) electrons. The Morgan fingerprint density at radius 2 is 1.90 bits per heavy atom. The largest absolute Gasteiger partial charge is 0.494 e. The number of amides is 1. The summed E-state index contributed by atoms with van der Waals surface area (Å²) in [5.41, 5.74) is 0.802. The first kappa shape index (κ1) is 21.7. The minimum Gasteiger partial charge on any atom is -0.494 e. The molecule has 2 fully saturated rings. The molecule has 2 bridgehead atoms. The first-order chi connectivity index (χ1) is 14.9. The normalized spacial score (nSPS) is 23.4. The summed E-state index contributed by atoms with van der Waals surface area (Å²) in [6.45, 7) is 4.47. The van der Waals surface area contributed by atoms with Crippen molar-refractivity contribution in [3.05, 3.63) is 54.1 Å². The molecule has 166 valence electrons. The summed E-state index contributed by atoms with van der Waals surface area (Å²) in [5.74, 6) is 2.55. The van der Waals surface area contributed by atoms with Crippen molar-refractivity contribution >= 4 is 21.6 Å². The molecule has 0 spiro atoms. The molecule has 2 aromatic carbocycles. The van der Waals surface area contributed by atoms with Crippen LogP contribution in [-0.4, -0.2) is 27.0 Å². The summed E-state index contributed by atoms with van der Waals surface area (Å²) in [6, 6.07) is 13.0. The molecule has 0 aliphatic heterocycles. The molecule has 31 heavy (non-hydrogen) atoms. The lowest BCUT2D eigenvalue weighted by Gasteiger charge is -2.28. The summed E-state index contributed by atoms with van der Waals surface area (Å²) in [5, 5.41) is 3.13. The Hall–Kier alpha value is -2.54. The second-order valence-corrected chi connectivity index (χ2v) is 10.4. The molecule has 0 heterocycles. The molecule has 0 saturated heterocycles. The van der Waals surface area contributed by atoms with Gasteiger partial charge in [-0.05, 0) is 93.3 Å². The standard InChI is InChI=1S/C24H30N2O4S/c1-3-30-21-9-11-22(12-10-21)31(28,29)26-20-6-4-5-19(15-20)24(27)25-16(2)23-14-17-7-8-18(23)13-17/h4-6,9-12,15-18,23,26H,3,7-8,13-14H2,1-2H3,(H,25,27). The monoisotopic (exact) mass is 442 g/mol. The van der Waals surface area contributed by atoms with E-state index < -0.39 is 10.0 Å². The van der Waals surface area contributed by atoms with Crippen molar-refractivity contribution in [1.82, 2.24) is 5.32 Å². The minimum absolute atomic E-state index is 0.118. The number of carbonyl (C=O) groups is 1. The lowest BCUT2D eigenvalue weighted by atomic mass is 9.84. The summed E-state index contributed by atoms with van der Waals surface area (Å²) in [4.78, 5) is 12.9. The van der Waals surface area contributed by atoms with Crippen LogP contribution in [0.25, 0.3) is 0 Å². The Morgan fingerprint density at radius 1 is 1.13 bits per heavy atom. The van der Waals surface area contributed by atoms with Gasteiger partial charge in [-0.1, -0.05) is 12.5 Å². The highest BCUT2D eigenvalue weighted by Crippen LogP contribution is 2.49. The van der Waals surface area contributed by atoms with Crippen LogP contribution in [0.5, 0.6) is 5.75 Å². The van der Waals surface area contributed by atoms with E-state index in [1.807, 2.05) is 6.92 Å². The van der Waals surface area contributed by atoms with E-state index in [1.165, 1.54) is 37.8 Å². The van der Waals surface area contributed by atoms with Gasteiger partial charge in [-0.15, -0.1) is 0 Å². The number of fused-ring (bicyclic) bond motifs is 2. The zero-order valence-corrected chi connectivity index (χ0v) is 18.8. The van der Waals surface area contributed by atoms with E-state index >= 15 is 0 Å². The zero-order chi connectivity index (χ0) is 22.0. The maximum absolute atomic E-state index is 12.8. The number of hydrogen-bond donors (Lipinski definition) is 2. The molecule has 2 aliphatic rings. The van der Waals surface area contributed by atoms with Crippen LogP contribution < -0.4 is 14.8 Å². The highest BCUT2D eigenvalue weighted by molar-refractivity contribution is 7.92. The Kier molecular flexibility index (Phi) is 6.23. The molecule has 6 nitrogen and oxygen atoms in total. The summed E-state index contributed by atoms with van der Waals surface area (Å²) in [7, 11) is -3.77. The number of benzene rings is 2. The smallest absolute Gasteiger partial charge is 0.261 e. The highest BCUT2D eigenvalue weighted by Gasteiger charge is 2.42. The van der Waals surface area contributed by atoms with E-state index in [9.17, 15) is 13.2 Å². The number of carbonyl (C=O) groups excluding carboxylic acids is 1. The Morgan fingerprint density at radius 3 is 2.55 bits per heavy atom. The topological polar surface area (TPSA) is 84.5 Å². The number of rotatable bonds is 8. The molecular formula is C24H30N2O4S. The van der Waals surface area contributed by atoms with Crippen LogP contribution in [0, 0.1) is 17.8 Å². The van der Waals surface area contributed by atoms with Crippen molar-refractivity contribution in [2.45, 2.75) is 50.5 Å². The molecule has 1 amide bonds. The number of hydrogen-bond acceptors (Lipinski definition) is 4. The van der Waals surface area contributed by atoms with Gasteiger partial charge in [-0.3, -0.25) is 9.52 Å². The zero-order valence-electron chi connectivity index (χ0n) is 18.0. The molecule has 4 rings (SSSR count). The van der Waals surface area contributed by atoms with Gasteiger partial charge < -0.3 is 10.1 Å². The minimum atomic E-state index is -3.77. The molecule has 7 heteroatoms. The van der Waals surface area contributed by atoms with Gasteiger partial charge in [0.2, 0.25) is 0 Å². The molecule has 4 atom stereocenters. The van der Waals surface area contributed by atoms with E-state index in [4.69, 9.17) is 4.74 Å². The van der Waals surface area contributed by atoms with Crippen LogP contribution in [0.4, 0.5) is 5.69 Å². The van der Waals surface area contributed by atoms with Crippen molar-refractivity contribution in [3.63, 3.8) is 0 Å². The van der Waals surface area contributed by atoms with E-state index in [2.05, 4.69) is 17.0 Å². The fourth-order valence-electron chi connectivity index (χ4n) is 5.12. The predicted molar refractivity (Wildman–Crippen MR) is 121 cm³/mol. The van der Waals surface area contributed by atoms with E-state index in [0.717, 1.165) is 11.8 Å². The Balaban J connectivity index is 1.42. The van der Waals surface area contributed by atoms with Crippen LogP contribution in [0.2, 0.25) is 0 Å². The van der Waals surface area contributed by atoms with Gasteiger partial charge in [0.1, 0.15) is 5.75 Å². The first-order valence-electron chi connectivity index (χ1n) is 11.0. The quantitative estimate of drug-likeness (QED) is 0.633. The van der Waals surface area contributed by atoms with Crippen LogP contribution >= 0.6 is 0 Å². The van der Waals surface area contributed by atoms with Gasteiger partial charge in [0.05, 0.1) is 11.5 Å². The maximum atomic E-state index is 12.8. The van der Waals surface area contributed by atoms with Crippen LogP contribution in [0.15, 0.2) is 53.4 Å². The van der Waals surface area contributed by atoms with E-state index in [1.54, 1.807) is 36.4 Å². The molecular weight excluding hydrogens is 412 g/mol. The first-order valence-corrected chi connectivity index (χ1v) is 12.5. The second-order valence-electron chi connectivity index (χ2n) is 8.69. The average Bonchev–Trinajstić information content (AvgIpc) is 3.38. The average molecular weight is 443 g/mol. The molecule has 2 N–H and O–H groups in total. The predicted octanol–water partition coefficient (Wildman–Crippen LogP) is 4.44. The fourth-order valence-corrected chi connectivity index (χ4v) is 6.17. The van der Waals surface area contributed by atoms with E-state index in [-0.39, 0.29) is 16.8 Å². The Bertz CT molecular complexity index is 1040. The second kappa shape index (κ2) is 8.91. The van der Waals surface area contributed by atoms with Crippen molar-refractivity contribution in [2.24, 2.45) is 17.8 Å². The lowest BCUT2D eigenvalue weighted by Crippen LogP contribution is -2.40. The summed E-state index contributed by atoms with van der Waals surface area (Å²) >= 11 is 0. The van der Waals surface area contributed by atoms with Crippen LogP contribution in [0.1, 0.15) is 49.9 Å². The highest BCUT2D eigenvalue weighted by atomic mass is 32.2. The number of nitrogens with one attached hydrogen (secondary N) is 2. The molecule has 2 aliphatic carbocycles. The van der Waals surface area contributed by atoms with Crippen LogP contribution in [-0.2, 0) is 10.0 Å². The van der Waals surface area contributed by atoms with E-state index in [0.29, 0.717) is 29.5 Å². The molecule has 0 aromatic heterocycles. The third-order valence-electron chi connectivity index (χ3n) is 6.62. The number of sulfonamides is 1. The van der Waals surface area contributed by atoms with Crippen molar-refractivity contribution in [3.8, 4) is 5.75 Å². The van der Waals surface area contributed by atoms with Gasteiger partial charge in [-0.25, -0.2) is 8.42 Å². The Labute approximate surface area is 184 Å². The summed E-state index contributed by atoms with van der Waals surface area (Å²) in [6.07, 6.45) is 5.11. The van der Waals surface area contributed by atoms with Crippen molar-refractivity contribution < 1.29 is 17.9 Å². The van der Waals surface area contributed by atoms with Gasteiger partial charge in [0, 0.05) is 17.3 Å². The van der Waals surface area contributed by atoms with Gasteiger partial charge >= 0.3 is 0 Å². The van der Waals surface area contributed by atoms with Gasteiger partial charge in [-0.2, -0.15) is 0 Å². The molecule has 2 saturated carbocycles.